The highest BCUT2D eigenvalue weighted by Gasteiger charge is 2.19. The summed E-state index contributed by atoms with van der Waals surface area (Å²) >= 11 is 3.49. The second-order valence-corrected chi connectivity index (χ2v) is 6.94. The molecule has 122 valence electrons. The molecule has 0 bridgehead atoms. The van der Waals surface area contributed by atoms with Gasteiger partial charge in [-0.3, -0.25) is 4.90 Å². The van der Waals surface area contributed by atoms with Crippen LogP contribution in [0.2, 0.25) is 0 Å². The monoisotopic (exact) mass is 374 g/mol. The van der Waals surface area contributed by atoms with Crippen LogP contribution >= 0.6 is 15.9 Å². The van der Waals surface area contributed by atoms with Crippen LogP contribution in [0.4, 0.5) is 5.69 Å². The normalized spacial score (nSPS) is 16.3. The van der Waals surface area contributed by atoms with Gasteiger partial charge in [0.25, 0.3) is 0 Å². The van der Waals surface area contributed by atoms with Crippen LogP contribution in [0.25, 0.3) is 0 Å². The maximum Gasteiger partial charge on any atom is 0.141 e. The molecule has 4 heteroatoms. The summed E-state index contributed by atoms with van der Waals surface area (Å²) in [6, 6.07) is 17.3. The lowest BCUT2D eigenvalue weighted by molar-refractivity contribution is 0.211. The third kappa shape index (κ3) is 4.49. The Hall–Kier alpha value is -1.52. The van der Waals surface area contributed by atoms with Crippen molar-refractivity contribution >= 4 is 21.6 Å². The first-order chi connectivity index (χ1) is 11.2. The van der Waals surface area contributed by atoms with Gasteiger partial charge in [-0.15, -0.1) is 0 Å². The zero-order chi connectivity index (χ0) is 16.1. The molecule has 1 aliphatic heterocycles. The largest absolute Gasteiger partial charge is 0.495 e. The molecule has 0 radical (unpaired) electrons. The fourth-order valence-corrected chi connectivity index (χ4v) is 3.33. The molecule has 23 heavy (non-hydrogen) atoms. The lowest BCUT2D eigenvalue weighted by atomic mass is 10.0. The zero-order valence-corrected chi connectivity index (χ0v) is 15.1. The highest BCUT2D eigenvalue weighted by molar-refractivity contribution is 9.10. The molecule has 2 aromatic carbocycles. The average molecular weight is 375 g/mol. The Labute approximate surface area is 146 Å². The van der Waals surface area contributed by atoms with Gasteiger partial charge in [-0.2, -0.15) is 0 Å². The predicted octanol–water partition coefficient (Wildman–Crippen LogP) is 4.53. The molecule has 0 saturated carbocycles. The smallest absolute Gasteiger partial charge is 0.141 e. The van der Waals surface area contributed by atoms with E-state index in [9.17, 15) is 0 Å². The standard InChI is InChI=1S/C19H23BrN2O/c1-23-19-5-3-2-4-18(19)21-17-10-12-22(13-11-17)14-15-6-8-16(20)9-7-15/h2-9,17,21H,10-14H2,1H3. The average Bonchev–Trinajstić information content (AvgIpc) is 2.59. The number of piperidine rings is 1. The van der Waals surface area contributed by atoms with Crippen molar-refractivity contribution in [3.05, 3.63) is 58.6 Å². The highest BCUT2D eigenvalue weighted by Crippen LogP contribution is 2.26. The second kappa shape index (κ2) is 7.84. The molecule has 1 saturated heterocycles. The Morgan fingerprint density at radius 1 is 1.09 bits per heavy atom. The molecule has 3 rings (SSSR count). The molecule has 1 aliphatic rings. The molecular weight excluding hydrogens is 352 g/mol. The minimum Gasteiger partial charge on any atom is -0.495 e. The predicted molar refractivity (Wildman–Crippen MR) is 99.1 cm³/mol. The van der Waals surface area contributed by atoms with Crippen molar-refractivity contribution < 1.29 is 4.74 Å². The molecule has 3 nitrogen and oxygen atoms in total. The maximum absolute atomic E-state index is 5.42. The van der Waals surface area contributed by atoms with Crippen molar-refractivity contribution in [1.29, 1.82) is 0 Å². The number of hydrogen-bond acceptors (Lipinski definition) is 3. The van der Waals surface area contributed by atoms with Crippen molar-refractivity contribution in [2.75, 3.05) is 25.5 Å². The van der Waals surface area contributed by atoms with Crippen molar-refractivity contribution in [2.24, 2.45) is 0 Å². The Morgan fingerprint density at radius 3 is 2.48 bits per heavy atom. The van der Waals surface area contributed by atoms with E-state index in [1.807, 2.05) is 18.2 Å². The maximum atomic E-state index is 5.42. The van der Waals surface area contributed by atoms with Crippen molar-refractivity contribution in [1.82, 2.24) is 4.90 Å². The number of para-hydroxylation sites is 2. The third-order valence-electron chi connectivity index (χ3n) is 4.37. The fraction of sp³-hybridized carbons (Fsp3) is 0.368. The van der Waals surface area contributed by atoms with Gasteiger partial charge in [0.05, 0.1) is 12.8 Å². The molecule has 1 fully saturated rings. The summed E-state index contributed by atoms with van der Waals surface area (Å²) in [6.07, 6.45) is 2.32. The second-order valence-electron chi connectivity index (χ2n) is 6.02. The van der Waals surface area contributed by atoms with Crippen LogP contribution in [-0.2, 0) is 6.54 Å². The van der Waals surface area contributed by atoms with Gasteiger partial charge in [-0.1, -0.05) is 40.2 Å². The number of anilines is 1. The molecular formula is C19H23BrN2O. The first-order valence-corrected chi connectivity index (χ1v) is 8.90. The van der Waals surface area contributed by atoms with E-state index in [1.165, 1.54) is 5.56 Å². The van der Waals surface area contributed by atoms with Crippen LogP contribution in [0.3, 0.4) is 0 Å². The third-order valence-corrected chi connectivity index (χ3v) is 4.90. The highest BCUT2D eigenvalue weighted by atomic mass is 79.9. The van der Waals surface area contributed by atoms with E-state index in [2.05, 4.69) is 56.5 Å². The topological polar surface area (TPSA) is 24.5 Å². The first kappa shape index (κ1) is 16.3. The van der Waals surface area contributed by atoms with Gasteiger partial charge in [0.2, 0.25) is 0 Å². The summed E-state index contributed by atoms with van der Waals surface area (Å²) in [7, 11) is 1.72. The molecule has 0 atom stereocenters. The number of rotatable bonds is 5. The van der Waals surface area contributed by atoms with Gasteiger partial charge in [0, 0.05) is 30.1 Å². The van der Waals surface area contributed by atoms with Gasteiger partial charge in [-0.05, 0) is 42.7 Å². The van der Waals surface area contributed by atoms with Crippen LogP contribution in [0.15, 0.2) is 53.0 Å². The SMILES string of the molecule is COc1ccccc1NC1CCN(Cc2ccc(Br)cc2)CC1. The molecule has 1 N–H and O–H groups in total. The number of ether oxygens (including phenoxy) is 1. The lowest BCUT2D eigenvalue weighted by Crippen LogP contribution is -2.38. The molecule has 2 aromatic rings. The van der Waals surface area contributed by atoms with Gasteiger partial charge in [0.1, 0.15) is 5.75 Å². The van der Waals surface area contributed by atoms with E-state index in [4.69, 9.17) is 4.74 Å². The van der Waals surface area contributed by atoms with Crippen LogP contribution in [0.1, 0.15) is 18.4 Å². The first-order valence-electron chi connectivity index (χ1n) is 8.11. The summed E-state index contributed by atoms with van der Waals surface area (Å²) in [5, 5.41) is 3.63. The molecule has 0 unspecified atom stereocenters. The minimum absolute atomic E-state index is 0.521. The Bertz CT molecular complexity index is 622. The number of nitrogens with one attached hydrogen (secondary N) is 1. The Kier molecular flexibility index (Phi) is 5.57. The van der Waals surface area contributed by atoms with Gasteiger partial charge >= 0.3 is 0 Å². The quantitative estimate of drug-likeness (QED) is 0.831. The lowest BCUT2D eigenvalue weighted by Gasteiger charge is -2.33. The Morgan fingerprint density at radius 2 is 1.78 bits per heavy atom. The number of hydrogen-bond donors (Lipinski definition) is 1. The summed E-state index contributed by atoms with van der Waals surface area (Å²) < 4.78 is 6.56. The number of halogens is 1. The number of benzene rings is 2. The van der Waals surface area contributed by atoms with E-state index in [1.54, 1.807) is 7.11 Å². The minimum atomic E-state index is 0.521. The van der Waals surface area contributed by atoms with E-state index in [0.29, 0.717) is 6.04 Å². The molecule has 0 aromatic heterocycles. The molecule has 0 aliphatic carbocycles. The number of likely N-dealkylation sites (tertiary alicyclic amines) is 1. The van der Waals surface area contributed by atoms with E-state index < -0.39 is 0 Å². The van der Waals surface area contributed by atoms with Gasteiger partial charge in [-0.25, -0.2) is 0 Å². The molecule has 1 heterocycles. The van der Waals surface area contributed by atoms with Crippen LogP contribution in [-0.4, -0.2) is 31.1 Å². The zero-order valence-electron chi connectivity index (χ0n) is 13.5. The van der Waals surface area contributed by atoms with Gasteiger partial charge in [0.15, 0.2) is 0 Å². The summed E-state index contributed by atoms with van der Waals surface area (Å²) in [6.45, 7) is 3.29. The summed E-state index contributed by atoms with van der Waals surface area (Å²) in [4.78, 5) is 2.53. The van der Waals surface area contributed by atoms with E-state index in [-0.39, 0.29) is 0 Å². The van der Waals surface area contributed by atoms with Crippen molar-refractivity contribution in [3.8, 4) is 5.75 Å². The van der Waals surface area contributed by atoms with Crippen LogP contribution in [0.5, 0.6) is 5.75 Å². The molecule has 0 spiro atoms. The van der Waals surface area contributed by atoms with Crippen LogP contribution in [0, 0.1) is 0 Å². The van der Waals surface area contributed by atoms with Crippen molar-refractivity contribution in [2.45, 2.75) is 25.4 Å². The molecule has 0 amide bonds. The number of nitrogens with zero attached hydrogens (tertiary/aromatic N) is 1. The van der Waals surface area contributed by atoms with Crippen molar-refractivity contribution in [3.63, 3.8) is 0 Å². The van der Waals surface area contributed by atoms with Crippen LogP contribution < -0.4 is 10.1 Å². The number of methoxy groups -OCH3 is 1. The van der Waals surface area contributed by atoms with Gasteiger partial charge < -0.3 is 10.1 Å². The fourth-order valence-electron chi connectivity index (χ4n) is 3.07. The Balaban J connectivity index is 1.51. The van der Waals surface area contributed by atoms with E-state index in [0.717, 1.165) is 48.4 Å². The summed E-state index contributed by atoms with van der Waals surface area (Å²) in [5.41, 5.74) is 2.48. The van der Waals surface area contributed by atoms with E-state index >= 15 is 0 Å². The summed E-state index contributed by atoms with van der Waals surface area (Å²) in [5.74, 6) is 0.921.